The lowest BCUT2D eigenvalue weighted by Gasteiger charge is -2.26. The van der Waals surface area contributed by atoms with Crippen LogP contribution in [0, 0.1) is 11.8 Å². The Morgan fingerprint density at radius 3 is 2.68 bits per heavy atom. The highest BCUT2D eigenvalue weighted by atomic mass is 16.7. The first-order valence-electron chi connectivity index (χ1n) is 8.46. The lowest BCUT2D eigenvalue weighted by Crippen LogP contribution is -2.27. The second-order valence-electron chi connectivity index (χ2n) is 6.83. The van der Waals surface area contributed by atoms with Gasteiger partial charge in [0.2, 0.25) is 0 Å². The van der Waals surface area contributed by atoms with Crippen molar-refractivity contribution in [3.05, 3.63) is 5.82 Å². The predicted octanol–water partition coefficient (Wildman–Crippen LogP) is 2.81. The van der Waals surface area contributed by atoms with Gasteiger partial charge >= 0.3 is 6.01 Å². The summed E-state index contributed by atoms with van der Waals surface area (Å²) in [5.41, 5.74) is 0. The van der Waals surface area contributed by atoms with Crippen LogP contribution < -0.4 is 4.90 Å². The predicted molar refractivity (Wildman–Crippen MR) is 82.8 cm³/mol. The molecule has 6 nitrogen and oxygen atoms in total. The van der Waals surface area contributed by atoms with E-state index in [2.05, 4.69) is 28.9 Å². The Bertz CT molecular complexity index is 457. The van der Waals surface area contributed by atoms with Gasteiger partial charge in [0.1, 0.15) is 6.79 Å². The number of aromatic nitrogens is 2. The normalized spacial score (nSPS) is 24.7. The van der Waals surface area contributed by atoms with E-state index in [1.54, 1.807) is 0 Å². The van der Waals surface area contributed by atoms with Crippen molar-refractivity contribution in [3.8, 4) is 0 Å². The first-order valence-corrected chi connectivity index (χ1v) is 8.46. The molecule has 124 valence electrons. The standard InChI is InChI=1S/C16H27N3O3/c1-12(2)15-17-16(22-18-15)19-6-3-4-13(5-7-19)8-14-9-20-11-21-10-14/h12-14H,3-11H2,1-2H3. The van der Waals surface area contributed by atoms with Gasteiger partial charge in [-0.3, -0.25) is 0 Å². The molecule has 2 aliphatic rings. The third kappa shape index (κ3) is 3.98. The fourth-order valence-electron chi connectivity index (χ4n) is 3.33. The van der Waals surface area contributed by atoms with Crippen LogP contribution in [0.4, 0.5) is 6.01 Å². The zero-order valence-electron chi connectivity index (χ0n) is 13.7. The zero-order chi connectivity index (χ0) is 15.4. The molecule has 2 aliphatic heterocycles. The Hall–Kier alpha value is -1.14. The summed E-state index contributed by atoms with van der Waals surface area (Å²) in [6, 6.07) is 0.689. The highest BCUT2D eigenvalue weighted by Gasteiger charge is 2.25. The van der Waals surface area contributed by atoms with Crippen LogP contribution in [0.15, 0.2) is 4.52 Å². The van der Waals surface area contributed by atoms with Crippen LogP contribution in [0.1, 0.15) is 51.3 Å². The van der Waals surface area contributed by atoms with E-state index in [-0.39, 0.29) is 0 Å². The molecule has 0 radical (unpaired) electrons. The van der Waals surface area contributed by atoms with Gasteiger partial charge in [-0.2, -0.15) is 4.98 Å². The van der Waals surface area contributed by atoms with E-state index in [9.17, 15) is 0 Å². The number of hydrogen-bond acceptors (Lipinski definition) is 6. The van der Waals surface area contributed by atoms with E-state index < -0.39 is 0 Å². The summed E-state index contributed by atoms with van der Waals surface area (Å²) >= 11 is 0. The van der Waals surface area contributed by atoms with Crippen LogP contribution in [0.3, 0.4) is 0 Å². The van der Waals surface area contributed by atoms with Gasteiger partial charge < -0.3 is 18.9 Å². The summed E-state index contributed by atoms with van der Waals surface area (Å²) in [5, 5.41) is 4.07. The molecule has 1 aromatic rings. The van der Waals surface area contributed by atoms with Crippen LogP contribution in [-0.2, 0) is 9.47 Å². The summed E-state index contributed by atoms with van der Waals surface area (Å²) in [4.78, 5) is 6.77. The monoisotopic (exact) mass is 309 g/mol. The highest BCUT2D eigenvalue weighted by Crippen LogP contribution is 2.28. The van der Waals surface area contributed by atoms with Gasteiger partial charge in [0.05, 0.1) is 13.2 Å². The van der Waals surface area contributed by atoms with Crippen molar-refractivity contribution in [2.45, 2.75) is 45.4 Å². The van der Waals surface area contributed by atoms with Crippen molar-refractivity contribution in [1.82, 2.24) is 10.1 Å². The SMILES string of the molecule is CC(C)c1noc(N2CCCC(CC3COCOC3)CC2)n1. The van der Waals surface area contributed by atoms with Gasteiger partial charge in [-0.1, -0.05) is 19.0 Å². The fourth-order valence-corrected chi connectivity index (χ4v) is 3.33. The molecular formula is C16H27N3O3. The third-order valence-electron chi connectivity index (χ3n) is 4.61. The topological polar surface area (TPSA) is 60.6 Å². The Kier molecular flexibility index (Phi) is 5.31. The van der Waals surface area contributed by atoms with E-state index >= 15 is 0 Å². The number of rotatable bonds is 4. The molecule has 0 aromatic carbocycles. The Morgan fingerprint density at radius 2 is 1.95 bits per heavy atom. The average molecular weight is 309 g/mol. The molecule has 0 bridgehead atoms. The molecule has 0 saturated carbocycles. The van der Waals surface area contributed by atoms with Crippen LogP contribution in [0.5, 0.6) is 0 Å². The van der Waals surface area contributed by atoms with Crippen molar-refractivity contribution < 1.29 is 14.0 Å². The van der Waals surface area contributed by atoms with Crippen LogP contribution in [-0.4, -0.2) is 43.2 Å². The first-order chi connectivity index (χ1) is 10.7. The maximum absolute atomic E-state index is 5.43. The molecule has 3 heterocycles. The number of hydrogen-bond donors (Lipinski definition) is 0. The maximum atomic E-state index is 5.43. The molecule has 0 amide bonds. The van der Waals surface area contributed by atoms with Gasteiger partial charge in [-0.25, -0.2) is 0 Å². The largest absolute Gasteiger partial charge is 0.355 e. The van der Waals surface area contributed by atoms with Gasteiger partial charge in [-0.05, 0) is 31.6 Å². The second kappa shape index (κ2) is 7.42. The number of ether oxygens (including phenoxy) is 2. The summed E-state index contributed by atoms with van der Waals surface area (Å²) in [7, 11) is 0. The average Bonchev–Trinajstić information content (AvgIpc) is 2.91. The molecule has 3 rings (SSSR count). The molecule has 6 heteroatoms. The third-order valence-corrected chi connectivity index (χ3v) is 4.61. The first kappa shape index (κ1) is 15.7. The van der Waals surface area contributed by atoms with E-state index in [0.29, 0.717) is 24.6 Å². The minimum Gasteiger partial charge on any atom is -0.355 e. The zero-order valence-corrected chi connectivity index (χ0v) is 13.7. The van der Waals surface area contributed by atoms with Crippen LogP contribution >= 0.6 is 0 Å². The number of nitrogens with zero attached hydrogens (tertiary/aromatic N) is 3. The van der Waals surface area contributed by atoms with Gasteiger partial charge in [0, 0.05) is 24.9 Å². The molecule has 22 heavy (non-hydrogen) atoms. The smallest absolute Gasteiger partial charge is 0.324 e. The molecule has 0 N–H and O–H groups in total. The molecule has 2 fully saturated rings. The van der Waals surface area contributed by atoms with Crippen LogP contribution in [0.25, 0.3) is 0 Å². The molecule has 1 atom stereocenters. The van der Waals surface area contributed by atoms with E-state index in [1.807, 2.05) is 0 Å². The fraction of sp³-hybridized carbons (Fsp3) is 0.875. The molecule has 0 spiro atoms. The van der Waals surface area contributed by atoms with E-state index in [0.717, 1.165) is 38.0 Å². The Balaban J connectivity index is 1.52. The van der Waals surface area contributed by atoms with Crippen molar-refractivity contribution >= 4 is 6.01 Å². The van der Waals surface area contributed by atoms with Crippen molar-refractivity contribution in [2.75, 3.05) is 38.0 Å². The molecule has 0 aliphatic carbocycles. The van der Waals surface area contributed by atoms with Crippen molar-refractivity contribution in [1.29, 1.82) is 0 Å². The maximum Gasteiger partial charge on any atom is 0.324 e. The lowest BCUT2D eigenvalue weighted by molar-refractivity contribution is -0.129. The second-order valence-corrected chi connectivity index (χ2v) is 6.83. The van der Waals surface area contributed by atoms with Gasteiger partial charge in [0.25, 0.3) is 0 Å². The van der Waals surface area contributed by atoms with E-state index in [4.69, 9.17) is 14.0 Å². The summed E-state index contributed by atoms with van der Waals surface area (Å²) in [6.07, 6.45) is 4.82. The summed E-state index contributed by atoms with van der Waals surface area (Å²) in [5.74, 6) is 2.41. The molecule has 1 unspecified atom stereocenters. The molecule has 2 saturated heterocycles. The molecule has 1 aromatic heterocycles. The highest BCUT2D eigenvalue weighted by molar-refractivity contribution is 5.25. The van der Waals surface area contributed by atoms with Gasteiger partial charge in [0.15, 0.2) is 5.82 Å². The Morgan fingerprint density at radius 1 is 1.14 bits per heavy atom. The van der Waals surface area contributed by atoms with E-state index in [1.165, 1.54) is 25.7 Å². The van der Waals surface area contributed by atoms with Gasteiger partial charge in [-0.15, -0.1) is 0 Å². The summed E-state index contributed by atoms with van der Waals surface area (Å²) in [6.45, 7) is 8.34. The number of anilines is 1. The lowest BCUT2D eigenvalue weighted by atomic mass is 9.90. The summed E-state index contributed by atoms with van der Waals surface area (Å²) < 4.78 is 16.2. The van der Waals surface area contributed by atoms with Crippen LogP contribution in [0.2, 0.25) is 0 Å². The molecular weight excluding hydrogens is 282 g/mol. The quantitative estimate of drug-likeness (QED) is 0.852. The minimum atomic E-state index is 0.309. The Labute approximate surface area is 132 Å². The minimum absolute atomic E-state index is 0.309. The van der Waals surface area contributed by atoms with Crippen molar-refractivity contribution in [3.63, 3.8) is 0 Å². The van der Waals surface area contributed by atoms with Crippen molar-refractivity contribution in [2.24, 2.45) is 11.8 Å².